The maximum absolute atomic E-state index is 13.0. The minimum Gasteiger partial charge on any atom is -0.477 e. The van der Waals surface area contributed by atoms with E-state index in [9.17, 15) is 14.7 Å². The second-order valence-corrected chi connectivity index (χ2v) is 6.87. The number of H-pyrrole nitrogens is 1. The first-order valence-corrected chi connectivity index (χ1v) is 9.45. The Morgan fingerprint density at radius 3 is 2.59 bits per heavy atom. The van der Waals surface area contributed by atoms with Gasteiger partial charge in [0.05, 0.1) is 11.4 Å². The van der Waals surface area contributed by atoms with Gasteiger partial charge in [0.25, 0.3) is 5.56 Å². The van der Waals surface area contributed by atoms with Gasteiger partial charge >= 0.3 is 5.97 Å². The fourth-order valence-corrected chi connectivity index (χ4v) is 3.41. The number of aromatic carboxylic acids is 1. The number of carboxylic acid groups (broad SMARTS) is 1. The molecule has 0 unspecified atom stereocenters. The molecule has 3 aromatic heterocycles. The van der Waals surface area contributed by atoms with E-state index in [1.54, 1.807) is 6.92 Å². The van der Waals surface area contributed by atoms with Gasteiger partial charge in [0.1, 0.15) is 17.0 Å². The standard InChI is InChI=1S/C24H23N5O3/c1-14-21(26-12-11-25-14)22-20(24(31)32)23-27-18(13-19(30)29(23)28-22)17-9-7-16(8-10-17)15-5-3-2-4-6-15/h7-13,15,28H,2-6H2,1H3,(H,31,32)/i2D2,3D2,4D2,5D2,6D2,15D. The Bertz CT molecular complexity index is 1820. The summed E-state index contributed by atoms with van der Waals surface area (Å²) >= 11 is 0. The number of carbonyl (C=O) groups is 1. The van der Waals surface area contributed by atoms with E-state index < -0.39 is 54.9 Å². The molecule has 1 aliphatic carbocycles. The van der Waals surface area contributed by atoms with Crippen LogP contribution < -0.4 is 5.56 Å². The van der Waals surface area contributed by atoms with Crippen LogP contribution in [0.2, 0.25) is 0 Å². The van der Waals surface area contributed by atoms with Gasteiger partial charge in [-0.15, -0.1) is 0 Å². The van der Waals surface area contributed by atoms with E-state index in [0.717, 1.165) is 22.7 Å². The molecule has 0 saturated heterocycles. The van der Waals surface area contributed by atoms with Crippen LogP contribution in [0.1, 0.15) is 74.5 Å². The molecule has 0 radical (unpaired) electrons. The Hall–Kier alpha value is -3.81. The first-order chi connectivity index (χ1) is 19.7. The van der Waals surface area contributed by atoms with Gasteiger partial charge < -0.3 is 5.11 Å². The molecule has 1 fully saturated rings. The molecule has 5 rings (SSSR count). The van der Waals surface area contributed by atoms with E-state index in [-0.39, 0.29) is 33.9 Å². The van der Waals surface area contributed by atoms with Crippen LogP contribution in [0.3, 0.4) is 0 Å². The van der Waals surface area contributed by atoms with Crippen LogP contribution >= 0.6 is 0 Å². The van der Waals surface area contributed by atoms with Crippen molar-refractivity contribution in [2.45, 2.75) is 44.7 Å². The van der Waals surface area contributed by atoms with Gasteiger partial charge in [-0.25, -0.2) is 14.3 Å². The minimum atomic E-state index is -3.65. The highest BCUT2D eigenvalue weighted by atomic mass is 16.4. The largest absolute Gasteiger partial charge is 0.477 e. The number of aromatic amines is 1. The molecule has 1 aromatic carbocycles. The van der Waals surface area contributed by atoms with Crippen molar-refractivity contribution in [3.8, 4) is 22.6 Å². The highest BCUT2D eigenvalue weighted by Gasteiger charge is 2.24. The third-order valence-corrected chi connectivity index (χ3v) is 4.92. The van der Waals surface area contributed by atoms with Crippen molar-refractivity contribution in [1.29, 1.82) is 0 Å². The number of rotatable bonds is 4. The summed E-state index contributed by atoms with van der Waals surface area (Å²) in [5, 5.41) is 12.7. The van der Waals surface area contributed by atoms with Gasteiger partial charge in [0.2, 0.25) is 0 Å². The third-order valence-electron chi connectivity index (χ3n) is 4.92. The predicted molar refractivity (Wildman–Crippen MR) is 120 cm³/mol. The molecule has 4 aromatic rings. The van der Waals surface area contributed by atoms with Gasteiger partial charge in [0.15, 0.2) is 5.65 Å². The van der Waals surface area contributed by atoms with Gasteiger partial charge in [-0.3, -0.25) is 19.9 Å². The zero-order valence-corrected chi connectivity index (χ0v) is 16.6. The topological polar surface area (TPSA) is 113 Å². The summed E-state index contributed by atoms with van der Waals surface area (Å²) < 4.78 is 92.2. The van der Waals surface area contributed by atoms with Gasteiger partial charge in [-0.1, -0.05) is 43.4 Å². The van der Waals surface area contributed by atoms with E-state index in [4.69, 9.17) is 15.1 Å². The Morgan fingerprint density at radius 1 is 1.19 bits per heavy atom. The molecule has 162 valence electrons. The molecular weight excluding hydrogens is 406 g/mol. The summed E-state index contributed by atoms with van der Waals surface area (Å²) in [5.74, 6) is -4.70. The Morgan fingerprint density at radius 2 is 1.91 bits per heavy atom. The van der Waals surface area contributed by atoms with Crippen LogP contribution in [0.15, 0.2) is 47.5 Å². The van der Waals surface area contributed by atoms with E-state index in [1.165, 1.54) is 24.5 Å². The summed E-state index contributed by atoms with van der Waals surface area (Å²) in [5.41, 5.74) is -1.19. The normalized spacial score (nSPS) is 28.6. The summed E-state index contributed by atoms with van der Waals surface area (Å²) in [4.78, 5) is 37.9. The lowest BCUT2D eigenvalue weighted by atomic mass is 9.84. The molecule has 3 heterocycles. The third kappa shape index (κ3) is 3.47. The Balaban J connectivity index is 1.67. The van der Waals surface area contributed by atoms with Crippen LogP contribution in [0.25, 0.3) is 28.3 Å². The van der Waals surface area contributed by atoms with Crippen molar-refractivity contribution < 1.29 is 25.0 Å². The first kappa shape index (κ1) is 11.2. The zero-order valence-electron chi connectivity index (χ0n) is 27.6. The molecule has 8 heteroatoms. The summed E-state index contributed by atoms with van der Waals surface area (Å²) in [7, 11) is 0. The number of carboxylic acids is 1. The summed E-state index contributed by atoms with van der Waals surface area (Å²) in [6, 6.07) is 5.58. The SMILES string of the molecule is [2H]C1([2H])C([2H])([2H])C([2H])([2H])C([2H])(c2ccc(-c3cc(=O)n4[nH]c(-c5nccnc5C)c(C(=O)O)c4n3)cc2)C([2H])([2H])C1([2H])[2H]. The van der Waals surface area contributed by atoms with Gasteiger partial charge in [-0.05, 0) is 31.1 Å². The number of aryl methyl sites for hydroxylation is 1. The molecule has 1 saturated carbocycles. The van der Waals surface area contributed by atoms with E-state index in [0.29, 0.717) is 5.69 Å². The Kier molecular flexibility index (Phi) is 2.80. The molecule has 2 N–H and O–H groups in total. The van der Waals surface area contributed by atoms with Crippen molar-refractivity contribution in [3.63, 3.8) is 0 Å². The van der Waals surface area contributed by atoms with Crippen LogP contribution in [-0.2, 0) is 0 Å². The second kappa shape index (κ2) is 8.03. The smallest absolute Gasteiger partial charge is 0.341 e. The maximum atomic E-state index is 13.0. The zero-order chi connectivity index (χ0) is 32.1. The van der Waals surface area contributed by atoms with Crippen molar-refractivity contribution in [2.24, 2.45) is 0 Å². The lowest BCUT2D eigenvalue weighted by Gasteiger charge is -2.22. The van der Waals surface area contributed by atoms with Gasteiger partial charge in [0, 0.05) is 39.1 Å². The fourth-order valence-electron chi connectivity index (χ4n) is 3.41. The molecule has 0 bridgehead atoms. The molecule has 0 aliphatic heterocycles. The molecule has 32 heavy (non-hydrogen) atoms. The quantitative estimate of drug-likeness (QED) is 0.492. The number of benzene rings is 1. The number of nitrogens with one attached hydrogen (secondary N) is 1. The number of aromatic nitrogens is 5. The van der Waals surface area contributed by atoms with Crippen molar-refractivity contribution in [3.05, 3.63) is 69.9 Å². The maximum Gasteiger partial charge on any atom is 0.341 e. The molecule has 0 amide bonds. The Labute approximate surface area is 199 Å². The van der Waals surface area contributed by atoms with E-state index >= 15 is 0 Å². The number of nitrogens with zero attached hydrogens (tertiary/aromatic N) is 4. The number of fused-ring (bicyclic) bond motifs is 1. The van der Waals surface area contributed by atoms with Gasteiger partial charge in [-0.2, -0.15) is 0 Å². The molecule has 0 spiro atoms. The molecular formula is C24H23N5O3. The van der Waals surface area contributed by atoms with Crippen molar-refractivity contribution in [1.82, 2.24) is 24.6 Å². The molecule has 1 aliphatic rings. The van der Waals surface area contributed by atoms with Crippen LogP contribution in [0.5, 0.6) is 0 Å². The highest BCUT2D eigenvalue weighted by molar-refractivity contribution is 6.01. The van der Waals surface area contributed by atoms with E-state index in [2.05, 4.69) is 20.1 Å². The number of hydrogen-bond acceptors (Lipinski definition) is 5. The minimum absolute atomic E-state index is 0.0171. The lowest BCUT2D eigenvalue weighted by molar-refractivity contribution is 0.0699. The van der Waals surface area contributed by atoms with Crippen molar-refractivity contribution >= 4 is 11.6 Å². The molecule has 0 atom stereocenters. The first-order valence-electron chi connectivity index (χ1n) is 14.9. The average molecular weight is 441 g/mol. The van der Waals surface area contributed by atoms with Crippen LogP contribution in [0.4, 0.5) is 0 Å². The average Bonchev–Trinajstić information content (AvgIpc) is 3.32. The van der Waals surface area contributed by atoms with Crippen LogP contribution in [0, 0.1) is 6.92 Å². The summed E-state index contributed by atoms with van der Waals surface area (Å²) in [6.45, 7) is 1.60. The fraction of sp³-hybridized carbons (Fsp3) is 0.292. The van der Waals surface area contributed by atoms with Crippen LogP contribution in [-0.4, -0.2) is 35.6 Å². The highest BCUT2D eigenvalue weighted by Crippen LogP contribution is 2.33. The predicted octanol–water partition coefficient (Wildman–Crippen LogP) is 4.20. The number of hydrogen-bond donors (Lipinski definition) is 2. The summed E-state index contributed by atoms with van der Waals surface area (Å²) in [6.07, 6.45) is -15.3. The molecule has 8 nitrogen and oxygen atoms in total. The lowest BCUT2D eigenvalue weighted by Crippen LogP contribution is -2.15. The van der Waals surface area contributed by atoms with Crippen molar-refractivity contribution in [2.75, 3.05) is 0 Å². The van der Waals surface area contributed by atoms with E-state index in [1.807, 2.05) is 0 Å². The monoisotopic (exact) mass is 440 g/mol. The second-order valence-electron chi connectivity index (χ2n) is 6.87.